The molecule has 0 atom stereocenters. The van der Waals surface area contributed by atoms with Gasteiger partial charge >= 0.3 is 0 Å². The van der Waals surface area contributed by atoms with Gasteiger partial charge in [0.05, 0.1) is 0 Å². The van der Waals surface area contributed by atoms with Gasteiger partial charge in [-0.2, -0.15) is 0 Å². The Bertz CT molecular complexity index is 884. The van der Waals surface area contributed by atoms with Gasteiger partial charge in [0.25, 0.3) is 5.91 Å². The van der Waals surface area contributed by atoms with E-state index < -0.39 is 0 Å². The van der Waals surface area contributed by atoms with E-state index in [1.807, 2.05) is 47.4 Å². The summed E-state index contributed by atoms with van der Waals surface area (Å²) in [6.07, 6.45) is 2.01. The van der Waals surface area contributed by atoms with Crippen molar-refractivity contribution in [2.45, 2.75) is 19.8 Å². The number of benzene rings is 2. The number of hydrogen-bond acceptors (Lipinski definition) is 4. The lowest BCUT2D eigenvalue weighted by Gasteiger charge is -2.29. The third-order valence-corrected chi connectivity index (χ3v) is 4.26. The number of fused-ring (bicyclic) bond motifs is 1. The molecule has 1 amide bonds. The second-order valence-electron chi connectivity index (χ2n) is 5.89. The van der Waals surface area contributed by atoms with Gasteiger partial charge in [0, 0.05) is 30.3 Å². The Hall–Kier alpha value is -2.95. The van der Waals surface area contributed by atoms with Crippen LogP contribution < -0.4 is 4.90 Å². The number of nitrogens with zero attached hydrogens (tertiary/aromatic N) is 3. The predicted octanol–water partition coefficient (Wildman–Crippen LogP) is 3.64. The van der Waals surface area contributed by atoms with Crippen LogP contribution in [-0.2, 0) is 6.42 Å². The molecule has 1 aliphatic rings. The van der Waals surface area contributed by atoms with Gasteiger partial charge in [-0.15, -0.1) is 10.2 Å². The van der Waals surface area contributed by atoms with Crippen molar-refractivity contribution in [3.8, 4) is 11.5 Å². The second-order valence-corrected chi connectivity index (χ2v) is 5.89. The third-order valence-electron chi connectivity index (χ3n) is 4.26. The molecule has 0 fully saturated rings. The Morgan fingerprint density at radius 3 is 2.62 bits per heavy atom. The predicted molar refractivity (Wildman–Crippen MR) is 90.9 cm³/mol. The van der Waals surface area contributed by atoms with Gasteiger partial charge in [-0.25, -0.2) is 0 Å². The molecule has 3 aromatic rings. The van der Waals surface area contributed by atoms with E-state index in [0.29, 0.717) is 17.3 Å². The minimum atomic E-state index is 0.0235. The maximum absolute atomic E-state index is 12.9. The van der Waals surface area contributed by atoms with Crippen molar-refractivity contribution in [1.29, 1.82) is 0 Å². The van der Waals surface area contributed by atoms with E-state index >= 15 is 0 Å². The summed E-state index contributed by atoms with van der Waals surface area (Å²) in [5.74, 6) is 1.01. The van der Waals surface area contributed by atoms with Crippen LogP contribution in [0.1, 0.15) is 28.2 Å². The highest BCUT2D eigenvalue weighted by molar-refractivity contribution is 6.06. The average molecular weight is 319 g/mol. The fourth-order valence-corrected chi connectivity index (χ4v) is 3.07. The minimum absolute atomic E-state index is 0.0235. The molecule has 0 N–H and O–H groups in total. The first kappa shape index (κ1) is 14.6. The van der Waals surface area contributed by atoms with Crippen molar-refractivity contribution in [2.24, 2.45) is 0 Å². The molecule has 1 aromatic heterocycles. The number of carbonyl (C=O) groups excluding carboxylic acids is 1. The SMILES string of the molecule is Cc1nnc(-c2ccc(C(=O)N3CCCc4ccccc43)cc2)o1. The minimum Gasteiger partial charge on any atom is -0.421 e. The van der Waals surface area contributed by atoms with Gasteiger partial charge in [-0.1, -0.05) is 18.2 Å². The smallest absolute Gasteiger partial charge is 0.258 e. The molecule has 0 saturated heterocycles. The van der Waals surface area contributed by atoms with Crippen molar-refractivity contribution >= 4 is 11.6 Å². The highest BCUT2D eigenvalue weighted by atomic mass is 16.4. The summed E-state index contributed by atoms with van der Waals surface area (Å²) in [6, 6.07) is 15.4. The van der Waals surface area contributed by atoms with Crippen LogP contribution in [0.3, 0.4) is 0 Å². The zero-order valence-electron chi connectivity index (χ0n) is 13.4. The molecule has 5 nitrogen and oxygen atoms in total. The number of para-hydroxylation sites is 1. The number of amides is 1. The maximum atomic E-state index is 12.9. The first-order chi connectivity index (χ1) is 11.7. The number of carbonyl (C=O) groups is 1. The number of aromatic nitrogens is 2. The Kier molecular flexibility index (Phi) is 3.61. The summed E-state index contributed by atoms with van der Waals surface area (Å²) < 4.78 is 5.42. The van der Waals surface area contributed by atoms with Crippen LogP contribution in [0, 0.1) is 6.92 Å². The molecular weight excluding hydrogens is 302 g/mol. The van der Waals surface area contributed by atoms with Gasteiger partial charge < -0.3 is 9.32 Å². The zero-order valence-corrected chi connectivity index (χ0v) is 13.4. The fraction of sp³-hybridized carbons (Fsp3) is 0.211. The molecule has 0 radical (unpaired) electrons. The summed E-state index contributed by atoms with van der Waals surface area (Å²) in [6.45, 7) is 2.50. The molecule has 0 bridgehead atoms. The summed E-state index contributed by atoms with van der Waals surface area (Å²) in [5.41, 5.74) is 3.72. The number of hydrogen-bond donors (Lipinski definition) is 0. The largest absolute Gasteiger partial charge is 0.421 e. The van der Waals surface area contributed by atoms with Crippen LogP contribution in [0.5, 0.6) is 0 Å². The fourth-order valence-electron chi connectivity index (χ4n) is 3.07. The molecule has 0 saturated carbocycles. The molecule has 5 heteroatoms. The van der Waals surface area contributed by atoms with Crippen molar-refractivity contribution < 1.29 is 9.21 Å². The summed E-state index contributed by atoms with van der Waals surface area (Å²) in [4.78, 5) is 14.8. The topological polar surface area (TPSA) is 59.2 Å². The van der Waals surface area contributed by atoms with E-state index in [-0.39, 0.29) is 5.91 Å². The van der Waals surface area contributed by atoms with E-state index in [2.05, 4.69) is 16.3 Å². The van der Waals surface area contributed by atoms with E-state index in [4.69, 9.17) is 4.42 Å². The highest BCUT2D eigenvalue weighted by Gasteiger charge is 2.23. The normalized spacial score (nSPS) is 13.6. The Morgan fingerprint density at radius 1 is 1.08 bits per heavy atom. The molecule has 1 aliphatic heterocycles. The van der Waals surface area contributed by atoms with Crippen LogP contribution in [0.2, 0.25) is 0 Å². The van der Waals surface area contributed by atoms with E-state index in [1.165, 1.54) is 5.56 Å². The second kappa shape index (κ2) is 5.92. The molecule has 120 valence electrons. The Balaban J connectivity index is 1.61. The molecule has 4 rings (SSSR count). The molecular formula is C19H17N3O2. The van der Waals surface area contributed by atoms with Gasteiger partial charge in [0.1, 0.15) is 0 Å². The molecule has 0 spiro atoms. The zero-order chi connectivity index (χ0) is 16.5. The molecule has 2 heterocycles. The van der Waals surface area contributed by atoms with Crippen molar-refractivity contribution in [1.82, 2.24) is 10.2 Å². The van der Waals surface area contributed by atoms with E-state index in [9.17, 15) is 4.79 Å². The number of rotatable bonds is 2. The van der Waals surface area contributed by atoms with Gasteiger partial charge in [0.2, 0.25) is 11.8 Å². The third kappa shape index (κ3) is 2.58. The quantitative estimate of drug-likeness (QED) is 0.723. The summed E-state index contributed by atoms with van der Waals surface area (Å²) in [7, 11) is 0. The summed E-state index contributed by atoms with van der Waals surface area (Å²) >= 11 is 0. The first-order valence-corrected chi connectivity index (χ1v) is 8.03. The lowest BCUT2D eigenvalue weighted by Crippen LogP contribution is -2.35. The van der Waals surface area contributed by atoms with Crippen LogP contribution in [0.15, 0.2) is 52.9 Å². The number of anilines is 1. The van der Waals surface area contributed by atoms with Gasteiger partial charge in [0.15, 0.2) is 0 Å². The van der Waals surface area contributed by atoms with E-state index in [0.717, 1.165) is 30.6 Å². The highest BCUT2D eigenvalue weighted by Crippen LogP contribution is 2.28. The molecule has 0 aliphatic carbocycles. The van der Waals surface area contributed by atoms with Crippen LogP contribution >= 0.6 is 0 Å². The van der Waals surface area contributed by atoms with Crippen LogP contribution in [0.25, 0.3) is 11.5 Å². The van der Waals surface area contributed by atoms with Crippen LogP contribution in [0.4, 0.5) is 5.69 Å². The Morgan fingerprint density at radius 2 is 1.88 bits per heavy atom. The van der Waals surface area contributed by atoms with E-state index in [1.54, 1.807) is 6.92 Å². The lowest BCUT2D eigenvalue weighted by atomic mass is 10.0. The molecule has 24 heavy (non-hydrogen) atoms. The maximum Gasteiger partial charge on any atom is 0.258 e. The lowest BCUT2D eigenvalue weighted by molar-refractivity contribution is 0.0985. The number of aryl methyl sites for hydroxylation is 2. The van der Waals surface area contributed by atoms with Crippen molar-refractivity contribution in [3.63, 3.8) is 0 Å². The summed E-state index contributed by atoms with van der Waals surface area (Å²) in [5, 5.41) is 7.83. The van der Waals surface area contributed by atoms with Crippen molar-refractivity contribution in [3.05, 3.63) is 65.5 Å². The standard InChI is InChI=1S/C19H17N3O2/c1-13-20-21-18(24-13)15-8-10-16(11-9-15)19(23)22-12-4-6-14-5-2-3-7-17(14)22/h2-3,5,7-11H,4,6,12H2,1H3. The Labute approximate surface area is 139 Å². The van der Waals surface area contributed by atoms with Crippen LogP contribution in [-0.4, -0.2) is 22.6 Å². The molecule has 2 aromatic carbocycles. The molecule has 0 unspecified atom stereocenters. The van der Waals surface area contributed by atoms with Gasteiger partial charge in [-0.3, -0.25) is 4.79 Å². The average Bonchev–Trinajstić information content (AvgIpc) is 3.07. The van der Waals surface area contributed by atoms with Gasteiger partial charge in [-0.05, 0) is 48.7 Å². The van der Waals surface area contributed by atoms with Crippen molar-refractivity contribution in [2.75, 3.05) is 11.4 Å². The first-order valence-electron chi connectivity index (χ1n) is 8.03. The monoisotopic (exact) mass is 319 g/mol.